The van der Waals surface area contributed by atoms with Crippen LogP contribution in [0.1, 0.15) is 25.8 Å². The van der Waals surface area contributed by atoms with E-state index >= 15 is 0 Å². The summed E-state index contributed by atoms with van der Waals surface area (Å²) < 4.78 is 39.8. The minimum absolute atomic E-state index is 0.0575. The zero-order chi connectivity index (χ0) is 42.8. The Morgan fingerprint density at radius 1 is 0.879 bits per heavy atom. The Morgan fingerprint density at radius 3 is 2.12 bits per heavy atom. The van der Waals surface area contributed by atoms with Gasteiger partial charge in [0.2, 0.25) is 18.1 Å². The van der Waals surface area contributed by atoms with Gasteiger partial charge >= 0.3 is 11.6 Å². The van der Waals surface area contributed by atoms with Crippen LogP contribution in [-0.4, -0.2) is 186 Å². The highest BCUT2D eigenvalue weighted by Crippen LogP contribution is 2.38. The van der Waals surface area contributed by atoms with E-state index in [4.69, 9.17) is 32.8 Å². The number of aliphatic hydroxyl groups is 9. The number of hydrogen-bond acceptors (Lipinski definition) is 20. The van der Waals surface area contributed by atoms with Crippen LogP contribution < -0.4 is 21.0 Å². The van der Waals surface area contributed by atoms with Gasteiger partial charge in [-0.15, -0.1) is 0 Å². The van der Waals surface area contributed by atoms with E-state index in [0.717, 1.165) is 13.8 Å². The lowest BCUT2D eigenvalue weighted by Gasteiger charge is -2.50. The molecule has 0 saturated carbocycles. The van der Waals surface area contributed by atoms with Crippen LogP contribution in [-0.2, 0) is 38.1 Å². The first-order chi connectivity index (χ1) is 27.3. The van der Waals surface area contributed by atoms with E-state index in [1.165, 1.54) is 18.2 Å². The highest BCUT2D eigenvalue weighted by molar-refractivity contribution is 5.81. The van der Waals surface area contributed by atoms with Crippen LogP contribution in [0.15, 0.2) is 33.5 Å². The average Bonchev–Trinajstić information content (AvgIpc) is 3.16. The zero-order valence-corrected chi connectivity index (χ0v) is 31.3. The van der Waals surface area contributed by atoms with Crippen molar-refractivity contribution in [3.05, 3.63) is 40.2 Å². The second-order valence-corrected chi connectivity index (χ2v) is 14.2. The van der Waals surface area contributed by atoms with Crippen molar-refractivity contribution in [2.24, 2.45) is 0 Å². The molecular weight excluding hydrogens is 784 g/mol. The summed E-state index contributed by atoms with van der Waals surface area (Å²) in [5.74, 6) is -6.45. The van der Waals surface area contributed by atoms with E-state index in [1.807, 2.05) is 0 Å². The first kappa shape index (κ1) is 45.2. The minimum atomic E-state index is -3.07. The molecule has 324 valence electrons. The van der Waals surface area contributed by atoms with E-state index < -0.39 is 147 Å². The maximum Gasteiger partial charge on any atom is 0.364 e. The first-order valence-electron chi connectivity index (χ1n) is 18.1. The van der Waals surface area contributed by atoms with Crippen molar-refractivity contribution in [1.29, 1.82) is 0 Å². The minimum Gasteiger partial charge on any atom is -0.477 e. The molecule has 1 aromatic heterocycles. The van der Waals surface area contributed by atoms with Crippen molar-refractivity contribution < 1.29 is 98.3 Å². The fourth-order valence-electron chi connectivity index (χ4n) is 7.16. The molecule has 5 rings (SSSR count). The lowest BCUT2D eigenvalue weighted by atomic mass is 9.88. The fourth-order valence-corrected chi connectivity index (χ4v) is 7.16. The molecule has 4 heterocycles. The lowest BCUT2D eigenvalue weighted by molar-refractivity contribution is -0.381. The van der Waals surface area contributed by atoms with Crippen LogP contribution in [0.2, 0.25) is 0 Å². The van der Waals surface area contributed by atoms with Gasteiger partial charge in [0.1, 0.15) is 78.4 Å². The maximum absolute atomic E-state index is 12.8. The number of benzene rings is 1. The van der Waals surface area contributed by atoms with Crippen molar-refractivity contribution in [3.63, 3.8) is 0 Å². The highest BCUT2D eigenvalue weighted by Gasteiger charge is 2.60. The fraction of sp³-hybridized carbons (Fsp3) is 0.657. The normalized spacial score (nSPS) is 36.4. The van der Waals surface area contributed by atoms with Crippen LogP contribution in [0.3, 0.4) is 0 Å². The average molecular weight is 833 g/mol. The molecule has 58 heavy (non-hydrogen) atoms. The quantitative estimate of drug-likeness (QED) is 0.0790. The number of aliphatic carboxylic acids is 1. The van der Waals surface area contributed by atoms with Gasteiger partial charge in [0.05, 0.1) is 32.0 Å². The third-order valence-corrected chi connectivity index (χ3v) is 10.0. The van der Waals surface area contributed by atoms with Gasteiger partial charge in [0, 0.05) is 37.8 Å². The van der Waals surface area contributed by atoms with E-state index in [2.05, 4.69) is 10.6 Å². The maximum atomic E-state index is 12.8. The molecule has 0 unspecified atom stereocenters. The zero-order valence-electron chi connectivity index (χ0n) is 31.3. The van der Waals surface area contributed by atoms with Crippen LogP contribution in [0, 0.1) is 6.92 Å². The number of ether oxygens (including phenoxy) is 6. The Labute approximate surface area is 328 Å². The Hall–Kier alpha value is -3.92. The monoisotopic (exact) mass is 832 g/mol. The summed E-state index contributed by atoms with van der Waals surface area (Å²) in [5, 5.41) is 112. The number of carboxylic acid groups (broad SMARTS) is 1. The van der Waals surface area contributed by atoms with Gasteiger partial charge in [-0.05, 0) is 24.6 Å². The van der Waals surface area contributed by atoms with Crippen LogP contribution >= 0.6 is 0 Å². The van der Waals surface area contributed by atoms with Crippen molar-refractivity contribution >= 4 is 28.8 Å². The number of carbonyl (C=O) groups is 3. The van der Waals surface area contributed by atoms with E-state index in [0.29, 0.717) is 10.9 Å². The first-order valence-corrected chi connectivity index (χ1v) is 18.1. The number of carboxylic acids is 1. The van der Waals surface area contributed by atoms with E-state index in [-0.39, 0.29) is 11.3 Å². The molecule has 0 radical (unpaired) electrons. The summed E-state index contributed by atoms with van der Waals surface area (Å²) in [7, 11) is 0. The second kappa shape index (κ2) is 18.6. The summed E-state index contributed by atoms with van der Waals surface area (Å²) in [6.45, 7) is 0.885. The SMILES string of the molecule is CC(=O)N[C@H]1[C@H](Oc2ccc3c(C)cc(=O)oc3c2)O[C@H](CO)[C@@H](O[C@@H]2O[C@H](CO)[C@H](O)[C@H](O[C@]3(C(=O)O)C[C@H](O)[C@@H](NC(C)=O)[C@H]([C@H](O)[C@H](O)CO)O3)[C@H]2O)[C@@H]1O. The van der Waals surface area contributed by atoms with Gasteiger partial charge in [0.25, 0.3) is 5.79 Å². The van der Waals surface area contributed by atoms with Crippen molar-refractivity contribution in [3.8, 4) is 5.75 Å². The predicted molar refractivity (Wildman–Crippen MR) is 187 cm³/mol. The number of aryl methyl sites for hydroxylation is 1. The second-order valence-electron chi connectivity index (χ2n) is 14.2. The Kier molecular flexibility index (Phi) is 14.5. The third-order valence-electron chi connectivity index (χ3n) is 10.0. The summed E-state index contributed by atoms with van der Waals surface area (Å²) in [6.07, 6.45) is -25.9. The molecule has 3 aliphatic rings. The molecule has 23 heteroatoms. The molecule has 0 bridgehead atoms. The number of fused-ring (bicyclic) bond motifs is 1. The van der Waals surface area contributed by atoms with Gasteiger partial charge in [-0.2, -0.15) is 0 Å². The molecule has 23 nitrogen and oxygen atoms in total. The molecule has 1 aromatic carbocycles. The lowest BCUT2D eigenvalue weighted by Crippen LogP contribution is -2.71. The Balaban J connectivity index is 1.42. The Morgan fingerprint density at radius 2 is 1.52 bits per heavy atom. The van der Waals surface area contributed by atoms with Gasteiger partial charge in [-0.25, -0.2) is 9.59 Å². The number of aliphatic hydroxyl groups excluding tert-OH is 9. The van der Waals surface area contributed by atoms with E-state index in [9.17, 15) is 70.2 Å². The molecule has 0 spiro atoms. The number of carbonyl (C=O) groups excluding carboxylic acids is 2. The molecule has 12 N–H and O–H groups in total. The number of nitrogens with one attached hydrogen (secondary N) is 2. The summed E-state index contributed by atoms with van der Waals surface area (Å²) >= 11 is 0. The van der Waals surface area contributed by atoms with Gasteiger partial charge in [-0.3, -0.25) is 9.59 Å². The molecule has 2 aromatic rings. The Bertz CT molecular complexity index is 1830. The molecular formula is C35H48N2O21. The smallest absolute Gasteiger partial charge is 0.364 e. The van der Waals surface area contributed by atoms with Crippen molar-refractivity contribution in [1.82, 2.24) is 10.6 Å². The number of hydrogen-bond donors (Lipinski definition) is 12. The van der Waals surface area contributed by atoms with Gasteiger partial charge in [0.15, 0.2) is 6.29 Å². The predicted octanol–water partition coefficient (Wildman–Crippen LogP) is -5.58. The van der Waals surface area contributed by atoms with Crippen molar-refractivity contribution in [2.75, 3.05) is 19.8 Å². The molecule has 3 saturated heterocycles. The molecule has 0 aliphatic carbocycles. The standard InChI is InChI=1S/C35H48N2O21/c1-12-6-22(45)53-19-7-15(4-5-16(12)19)52-32-24(37-14(3)42)27(48)29(21(11-40)55-32)56-33-28(49)31(26(47)20(10-39)54-33)58-35(34(50)51)8-17(43)23(36-13(2)41)30(57-35)25(46)18(44)9-38/h4-7,17-18,20-21,23-33,38-40,43-44,46-49H,8-11H2,1-3H3,(H,36,41)(H,37,42)(H,50,51)/t17-,18+,20+,21+,23+,24+,25+,26-,27+,28+,29+,30+,31-,32+,33-,35-/m0/s1. The largest absolute Gasteiger partial charge is 0.477 e. The van der Waals surface area contributed by atoms with Gasteiger partial charge < -0.3 is 94.5 Å². The number of amides is 2. The number of rotatable bonds is 14. The summed E-state index contributed by atoms with van der Waals surface area (Å²) in [5.41, 5.74) is 0.139. The van der Waals surface area contributed by atoms with Crippen molar-refractivity contribution in [2.45, 2.75) is 125 Å². The van der Waals surface area contributed by atoms with E-state index in [1.54, 1.807) is 13.0 Å². The van der Waals surface area contributed by atoms with Crippen LogP contribution in [0.25, 0.3) is 11.0 Å². The topological polar surface area (TPSA) is 363 Å². The van der Waals surface area contributed by atoms with Crippen LogP contribution in [0.4, 0.5) is 0 Å². The molecule has 16 atom stereocenters. The molecule has 3 fully saturated rings. The molecule has 2 amide bonds. The molecule has 3 aliphatic heterocycles. The van der Waals surface area contributed by atoms with Crippen LogP contribution in [0.5, 0.6) is 5.75 Å². The summed E-state index contributed by atoms with van der Waals surface area (Å²) in [6, 6.07) is 2.70. The summed E-state index contributed by atoms with van der Waals surface area (Å²) in [4.78, 5) is 49.0. The highest BCUT2D eigenvalue weighted by atomic mass is 16.8. The third kappa shape index (κ3) is 9.42. The van der Waals surface area contributed by atoms with Gasteiger partial charge in [-0.1, -0.05) is 0 Å².